The highest BCUT2D eigenvalue weighted by molar-refractivity contribution is 6.02. The van der Waals surface area contributed by atoms with E-state index in [-0.39, 0.29) is 30.4 Å². The molecule has 2 aromatic rings. The first-order chi connectivity index (χ1) is 13.9. The van der Waals surface area contributed by atoms with Crippen LogP contribution in [0.2, 0.25) is 0 Å². The molecule has 0 spiro atoms. The summed E-state index contributed by atoms with van der Waals surface area (Å²) in [6.07, 6.45) is 0. The summed E-state index contributed by atoms with van der Waals surface area (Å²) in [5, 5.41) is 11.1. The van der Waals surface area contributed by atoms with Gasteiger partial charge in [-0.2, -0.15) is 0 Å². The second-order valence-electron chi connectivity index (χ2n) is 6.47. The monoisotopic (exact) mass is 399 g/mol. The second kappa shape index (κ2) is 8.59. The molecule has 9 heteroatoms. The van der Waals surface area contributed by atoms with E-state index in [0.29, 0.717) is 24.7 Å². The van der Waals surface area contributed by atoms with Gasteiger partial charge in [-0.3, -0.25) is 24.6 Å². The van der Waals surface area contributed by atoms with Crippen molar-refractivity contribution in [3.8, 4) is 11.5 Å². The van der Waals surface area contributed by atoms with Crippen molar-refractivity contribution in [1.82, 2.24) is 4.90 Å². The fraction of sp³-hybridized carbons (Fsp3) is 0.300. The van der Waals surface area contributed by atoms with Gasteiger partial charge in [0.25, 0.3) is 11.6 Å². The van der Waals surface area contributed by atoms with Crippen LogP contribution in [0, 0.1) is 10.1 Å². The third kappa shape index (κ3) is 4.45. The first-order valence-corrected chi connectivity index (χ1v) is 9.07. The number of carbonyl (C=O) groups excluding carboxylic acids is 2. The number of ether oxygens (including phenoxy) is 2. The molecule has 0 bridgehead atoms. The van der Waals surface area contributed by atoms with E-state index < -0.39 is 10.8 Å². The third-order valence-corrected chi connectivity index (χ3v) is 4.50. The molecule has 0 aliphatic carbocycles. The molecule has 0 atom stereocenters. The Bertz CT molecular complexity index is 946. The van der Waals surface area contributed by atoms with Crippen molar-refractivity contribution in [2.45, 2.75) is 13.5 Å². The number of para-hydroxylation sites is 1. The lowest BCUT2D eigenvalue weighted by molar-refractivity contribution is -0.384. The Hall–Kier alpha value is -3.62. The number of nitro groups is 1. The van der Waals surface area contributed by atoms with E-state index in [1.54, 1.807) is 7.05 Å². The Labute approximate surface area is 167 Å². The molecule has 1 heterocycles. The van der Waals surface area contributed by atoms with Crippen molar-refractivity contribution in [1.29, 1.82) is 0 Å². The number of fused-ring (bicyclic) bond motifs is 1. The number of hydrogen-bond acceptors (Lipinski definition) is 6. The minimum atomic E-state index is -0.559. The third-order valence-electron chi connectivity index (χ3n) is 4.50. The summed E-state index contributed by atoms with van der Waals surface area (Å²) < 4.78 is 10.9. The first kappa shape index (κ1) is 20.1. The summed E-state index contributed by atoms with van der Waals surface area (Å²) in [5.74, 6) is 0.267. The molecule has 9 nitrogen and oxygen atoms in total. The molecule has 0 saturated heterocycles. The van der Waals surface area contributed by atoms with Crippen LogP contribution in [0.1, 0.15) is 12.5 Å². The van der Waals surface area contributed by atoms with Crippen molar-refractivity contribution < 1.29 is 24.0 Å². The average molecular weight is 399 g/mol. The van der Waals surface area contributed by atoms with Crippen LogP contribution < -0.4 is 14.4 Å². The van der Waals surface area contributed by atoms with Crippen LogP contribution in [-0.2, 0) is 16.1 Å². The molecular weight excluding hydrogens is 378 g/mol. The molecule has 29 heavy (non-hydrogen) atoms. The molecule has 0 saturated carbocycles. The van der Waals surface area contributed by atoms with Crippen molar-refractivity contribution in [3.05, 3.63) is 58.1 Å². The van der Waals surface area contributed by atoms with Gasteiger partial charge in [-0.25, -0.2) is 0 Å². The Kier molecular flexibility index (Phi) is 5.96. The fourth-order valence-electron chi connectivity index (χ4n) is 3.01. The standard InChI is InChI=1S/C20H21N3O6/c1-3-28-17-7-5-4-6-14(17)11-21(2)19(24)12-22-16-10-15(23(26)27)8-9-18(16)29-13-20(22)25/h4-10H,3,11-13H2,1-2H3. The first-order valence-electron chi connectivity index (χ1n) is 9.07. The molecule has 3 rings (SSSR count). The fourth-order valence-corrected chi connectivity index (χ4v) is 3.01. The number of non-ortho nitro benzene ring substituents is 1. The number of anilines is 1. The van der Waals surface area contributed by atoms with E-state index in [2.05, 4.69) is 0 Å². The summed E-state index contributed by atoms with van der Waals surface area (Å²) >= 11 is 0. The predicted octanol–water partition coefficient (Wildman–Crippen LogP) is 2.38. The number of amides is 2. The number of rotatable bonds is 7. The Morgan fingerprint density at radius 3 is 2.79 bits per heavy atom. The maximum Gasteiger partial charge on any atom is 0.271 e. The quantitative estimate of drug-likeness (QED) is 0.523. The van der Waals surface area contributed by atoms with Gasteiger partial charge in [-0.15, -0.1) is 0 Å². The molecule has 0 radical (unpaired) electrons. The van der Waals surface area contributed by atoms with E-state index in [1.807, 2.05) is 31.2 Å². The van der Waals surface area contributed by atoms with E-state index in [9.17, 15) is 19.7 Å². The average Bonchev–Trinajstić information content (AvgIpc) is 2.71. The Morgan fingerprint density at radius 2 is 2.07 bits per heavy atom. The highest BCUT2D eigenvalue weighted by Crippen LogP contribution is 2.35. The lowest BCUT2D eigenvalue weighted by atomic mass is 10.2. The highest BCUT2D eigenvalue weighted by atomic mass is 16.6. The number of hydrogen-bond donors (Lipinski definition) is 0. The van der Waals surface area contributed by atoms with Gasteiger partial charge in [0, 0.05) is 31.3 Å². The van der Waals surface area contributed by atoms with Crippen LogP contribution in [0.5, 0.6) is 11.5 Å². The normalized spacial score (nSPS) is 12.8. The van der Waals surface area contributed by atoms with Crippen molar-refractivity contribution in [2.24, 2.45) is 0 Å². The number of nitrogens with zero attached hydrogens (tertiary/aromatic N) is 3. The maximum atomic E-state index is 12.8. The predicted molar refractivity (Wildman–Crippen MR) is 105 cm³/mol. The molecule has 2 aromatic carbocycles. The Morgan fingerprint density at radius 1 is 1.31 bits per heavy atom. The number of nitro benzene ring substituents is 1. The summed E-state index contributed by atoms with van der Waals surface area (Å²) in [4.78, 5) is 38.3. The highest BCUT2D eigenvalue weighted by Gasteiger charge is 2.30. The van der Waals surface area contributed by atoms with Gasteiger partial charge < -0.3 is 14.4 Å². The molecule has 152 valence electrons. The number of likely N-dealkylation sites (N-methyl/N-ethyl adjacent to an activating group) is 1. The maximum absolute atomic E-state index is 12.8. The van der Waals surface area contributed by atoms with Gasteiger partial charge in [0.2, 0.25) is 5.91 Å². The summed E-state index contributed by atoms with van der Waals surface area (Å²) in [6.45, 7) is 2.22. The van der Waals surface area contributed by atoms with E-state index in [0.717, 1.165) is 5.56 Å². The molecule has 1 aliphatic heterocycles. The number of carbonyl (C=O) groups is 2. The topological polar surface area (TPSA) is 102 Å². The number of benzene rings is 2. The van der Waals surface area contributed by atoms with Gasteiger partial charge in [0.05, 0.1) is 17.2 Å². The van der Waals surface area contributed by atoms with E-state index in [1.165, 1.54) is 28.0 Å². The van der Waals surface area contributed by atoms with E-state index in [4.69, 9.17) is 9.47 Å². The van der Waals surface area contributed by atoms with E-state index >= 15 is 0 Å². The zero-order valence-corrected chi connectivity index (χ0v) is 16.2. The molecular formula is C20H21N3O6. The summed E-state index contributed by atoms with van der Waals surface area (Å²) in [6, 6.07) is 11.4. The van der Waals surface area contributed by atoms with Gasteiger partial charge in [0.1, 0.15) is 18.0 Å². The zero-order chi connectivity index (χ0) is 21.0. The molecule has 0 N–H and O–H groups in total. The lowest BCUT2D eigenvalue weighted by Gasteiger charge is -2.30. The van der Waals surface area contributed by atoms with Crippen molar-refractivity contribution >= 4 is 23.2 Å². The minimum absolute atomic E-state index is 0.182. The van der Waals surface area contributed by atoms with Crippen LogP contribution in [0.4, 0.5) is 11.4 Å². The molecule has 0 fully saturated rings. The van der Waals surface area contributed by atoms with Crippen LogP contribution in [0.25, 0.3) is 0 Å². The van der Waals surface area contributed by atoms with Gasteiger partial charge >= 0.3 is 0 Å². The van der Waals surface area contributed by atoms with Crippen LogP contribution in [0.15, 0.2) is 42.5 Å². The SMILES string of the molecule is CCOc1ccccc1CN(C)C(=O)CN1C(=O)COc2ccc([N+](=O)[O-])cc21. The second-order valence-corrected chi connectivity index (χ2v) is 6.47. The zero-order valence-electron chi connectivity index (χ0n) is 16.2. The molecule has 2 amide bonds. The van der Waals surface area contributed by atoms with Crippen molar-refractivity contribution in [2.75, 3.05) is 31.7 Å². The van der Waals surface area contributed by atoms with Crippen LogP contribution in [-0.4, -0.2) is 48.4 Å². The largest absolute Gasteiger partial charge is 0.494 e. The summed E-state index contributed by atoms with van der Waals surface area (Å²) in [7, 11) is 1.63. The van der Waals surface area contributed by atoms with Crippen molar-refractivity contribution in [3.63, 3.8) is 0 Å². The lowest BCUT2D eigenvalue weighted by Crippen LogP contribution is -2.45. The summed E-state index contributed by atoms with van der Waals surface area (Å²) in [5.41, 5.74) is 0.875. The van der Waals surface area contributed by atoms with Crippen LogP contribution in [0.3, 0.4) is 0 Å². The molecule has 0 aromatic heterocycles. The Balaban J connectivity index is 1.77. The van der Waals surface area contributed by atoms with Crippen LogP contribution >= 0.6 is 0 Å². The van der Waals surface area contributed by atoms with Gasteiger partial charge in [0.15, 0.2) is 6.61 Å². The van der Waals surface area contributed by atoms with Gasteiger partial charge in [-0.1, -0.05) is 18.2 Å². The minimum Gasteiger partial charge on any atom is -0.494 e. The molecule has 0 unspecified atom stereocenters. The molecule has 1 aliphatic rings. The smallest absolute Gasteiger partial charge is 0.271 e. The van der Waals surface area contributed by atoms with Gasteiger partial charge in [-0.05, 0) is 19.1 Å².